The minimum Gasteiger partial charge on any atom is -0.335 e. The van der Waals surface area contributed by atoms with Gasteiger partial charge >= 0.3 is 6.03 Å². The van der Waals surface area contributed by atoms with E-state index in [4.69, 9.17) is 0 Å². The van der Waals surface area contributed by atoms with Crippen LogP contribution in [0, 0.1) is 5.82 Å². The van der Waals surface area contributed by atoms with Gasteiger partial charge in [0.15, 0.2) is 0 Å². The van der Waals surface area contributed by atoms with Gasteiger partial charge in [0.1, 0.15) is 5.82 Å². The molecule has 1 N–H and O–H groups in total. The number of hydrogen-bond donors (Lipinski definition) is 1. The molecule has 4 heteroatoms. The molecule has 0 radical (unpaired) electrons. The van der Waals surface area contributed by atoms with Gasteiger partial charge in [-0.25, -0.2) is 9.18 Å². The molecule has 0 heterocycles. The highest BCUT2D eigenvalue weighted by Gasteiger charge is 2.21. The van der Waals surface area contributed by atoms with Gasteiger partial charge in [0.25, 0.3) is 0 Å². The third kappa shape index (κ3) is 3.19. The largest absolute Gasteiger partial charge is 0.335 e. The van der Waals surface area contributed by atoms with E-state index >= 15 is 0 Å². The maximum Gasteiger partial charge on any atom is 0.317 e. The molecule has 1 aliphatic rings. The molecular weight excluding hydrogens is 219 g/mol. The smallest absolute Gasteiger partial charge is 0.317 e. The highest BCUT2D eigenvalue weighted by Crippen LogP contribution is 2.18. The van der Waals surface area contributed by atoms with Crippen LogP contribution in [-0.2, 0) is 6.54 Å². The van der Waals surface area contributed by atoms with Crippen LogP contribution in [-0.4, -0.2) is 24.0 Å². The molecule has 92 valence electrons. The fourth-order valence-electron chi connectivity index (χ4n) is 1.82. The van der Waals surface area contributed by atoms with Crippen molar-refractivity contribution in [1.29, 1.82) is 0 Å². The summed E-state index contributed by atoms with van der Waals surface area (Å²) in [5, 5.41) is 2.94. The average molecular weight is 236 g/mol. The van der Waals surface area contributed by atoms with Crippen molar-refractivity contribution in [2.45, 2.75) is 31.8 Å². The SMILES string of the molecule is CN(Cc1cccc(F)c1)C(=O)NC1CCC1. The first-order valence-electron chi connectivity index (χ1n) is 5.91. The number of carbonyl (C=O) groups excluding carboxylic acids is 1. The van der Waals surface area contributed by atoms with Crippen LogP contribution in [0.4, 0.5) is 9.18 Å². The van der Waals surface area contributed by atoms with Crippen molar-refractivity contribution in [3.05, 3.63) is 35.6 Å². The van der Waals surface area contributed by atoms with Crippen LogP contribution in [0.3, 0.4) is 0 Å². The lowest BCUT2D eigenvalue weighted by Crippen LogP contribution is -2.45. The van der Waals surface area contributed by atoms with E-state index in [1.54, 1.807) is 18.0 Å². The zero-order chi connectivity index (χ0) is 12.3. The molecule has 1 fully saturated rings. The molecule has 1 saturated carbocycles. The number of urea groups is 1. The summed E-state index contributed by atoms with van der Waals surface area (Å²) < 4.78 is 13.0. The van der Waals surface area contributed by atoms with Crippen molar-refractivity contribution < 1.29 is 9.18 Å². The lowest BCUT2D eigenvalue weighted by Gasteiger charge is -2.29. The third-order valence-corrected chi connectivity index (χ3v) is 3.09. The molecule has 2 rings (SSSR count). The van der Waals surface area contributed by atoms with Crippen LogP contribution in [0.15, 0.2) is 24.3 Å². The van der Waals surface area contributed by atoms with E-state index in [0.717, 1.165) is 18.4 Å². The fourth-order valence-corrected chi connectivity index (χ4v) is 1.82. The quantitative estimate of drug-likeness (QED) is 0.859. The Labute approximate surface area is 101 Å². The van der Waals surface area contributed by atoms with Gasteiger partial charge < -0.3 is 10.2 Å². The molecule has 0 saturated heterocycles. The molecule has 3 nitrogen and oxygen atoms in total. The van der Waals surface area contributed by atoms with Gasteiger partial charge in [-0.3, -0.25) is 0 Å². The molecule has 1 aromatic carbocycles. The number of amides is 2. The Kier molecular flexibility index (Phi) is 3.61. The second-order valence-electron chi connectivity index (χ2n) is 4.56. The molecule has 0 atom stereocenters. The van der Waals surface area contributed by atoms with E-state index in [0.29, 0.717) is 12.6 Å². The van der Waals surface area contributed by atoms with E-state index in [9.17, 15) is 9.18 Å². The van der Waals surface area contributed by atoms with Crippen molar-refractivity contribution >= 4 is 6.03 Å². The lowest BCUT2D eigenvalue weighted by molar-refractivity contribution is 0.194. The molecule has 1 aliphatic carbocycles. The van der Waals surface area contributed by atoms with Crippen LogP contribution >= 0.6 is 0 Å². The number of nitrogens with one attached hydrogen (secondary N) is 1. The summed E-state index contributed by atoms with van der Waals surface area (Å²) in [5.74, 6) is -0.268. The predicted molar refractivity (Wildman–Crippen MR) is 64.0 cm³/mol. The second-order valence-corrected chi connectivity index (χ2v) is 4.56. The van der Waals surface area contributed by atoms with Crippen molar-refractivity contribution in [2.75, 3.05) is 7.05 Å². The van der Waals surface area contributed by atoms with Crippen LogP contribution in [0.2, 0.25) is 0 Å². The fraction of sp³-hybridized carbons (Fsp3) is 0.462. The van der Waals surface area contributed by atoms with Crippen molar-refractivity contribution in [2.24, 2.45) is 0 Å². The van der Waals surface area contributed by atoms with Crippen LogP contribution in [0.1, 0.15) is 24.8 Å². The first-order valence-corrected chi connectivity index (χ1v) is 5.91. The highest BCUT2D eigenvalue weighted by molar-refractivity contribution is 5.74. The minimum atomic E-state index is -0.268. The maximum atomic E-state index is 13.0. The van der Waals surface area contributed by atoms with Crippen molar-refractivity contribution in [3.8, 4) is 0 Å². The number of benzene rings is 1. The Bertz CT molecular complexity index is 404. The zero-order valence-corrected chi connectivity index (χ0v) is 9.95. The predicted octanol–water partition coefficient (Wildman–Crippen LogP) is 2.52. The molecule has 0 unspecified atom stereocenters. The molecular formula is C13H17FN2O. The maximum absolute atomic E-state index is 13.0. The van der Waals surface area contributed by atoms with Crippen LogP contribution < -0.4 is 5.32 Å². The first kappa shape index (κ1) is 11.9. The van der Waals surface area contributed by atoms with E-state index in [2.05, 4.69) is 5.32 Å². The van der Waals surface area contributed by atoms with Crippen molar-refractivity contribution in [1.82, 2.24) is 10.2 Å². The van der Waals surface area contributed by atoms with E-state index in [1.165, 1.54) is 18.6 Å². The van der Waals surface area contributed by atoms with Gasteiger partial charge in [-0.1, -0.05) is 12.1 Å². The van der Waals surface area contributed by atoms with Gasteiger partial charge in [-0.15, -0.1) is 0 Å². The summed E-state index contributed by atoms with van der Waals surface area (Å²) in [6.07, 6.45) is 3.33. The number of nitrogens with zero attached hydrogens (tertiary/aromatic N) is 1. The third-order valence-electron chi connectivity index (χ3n) is 3.09. The summed E-state index contributed by atoms with van der Waals surface area (Å²) in [6, 6.07) is 6.57. The average Bonchev–Trinajstić information content (AvgIpc) is 2.23. The number of rotatable bonds is 3. The number of halogens is 1. The minimum absolute atomic E-state index is 0.0843. The summed E-state index contributed by atoms with van der Waals surface area (Å²) in [6.45, 7) is 0.427. The Morgan fingerprint density at radius 2 is 2.29 bits per heavy atom. The van der Waals surface area contributed by atoms with Gasteiger partial charge in [0.05, 0.1) is 0 Å². The Hall–Kier alpha value is -1.58. The van der Waals surface area contributed by atoms with Gasteiger partial charge in [-0.2, -0.15) is 0 Å². The normalized spacial score (nSPS) is 15.2. The zero-order valence-electron chi connectivity index (χ0n) is 9.95. The first-order chi connectivity index (χ1) is 8.15. The summed E-state index contributed by atoms with van der Waals surface area (Å²) in [5.41, 5.74) is 0.802. The van der Waals surface area contributed by atoms with Crippen LogP contribution in [0.25, 0.3) is 0 Å². The molecule has 0 aliphatic heterocycles. The van der Waals surface area contributed by atoms with Gasteiger partial charge in [-0.05, 0) is 37.0 Å². The van der Waals surface area contributed by atoms with Gasteiger partial charge in [0.2, 0.25) is 0 Å². The van der Waals surface area contributed by atoms with E-state index in [1.807, 2.05) is 6.07 Å². The Morgan fingerprint density at radius 1 is 1.53 bits per heavy atom. The molecule has 17 heavy (non-hydrogen) atoms. The molecule has 0 bridgehead atoms. The van der Waals surface area contributed by atoms with Gasteiger partial charge in [0, 0.05) is 19.6 Å². The Balaban J connectivity index is 1.87. The number of carbonyl (C=O) groups is 1. The highest BCUT2D eigenvalue weighted by atomic mass is 19.1. The molecule has 2 amide bonds. The number of hydrogen-bond acceptors (Lipinski definition) is 1. The topological polar surface area (TPSA) is 32.3 Å². The molecule has 1 aromatic rings. The summed E-state index contributed by atoms with van der Waals surface area (Å²) in [7, 11) is 1.72. The Morgan fingerprint density at radius 3 is 2.88 bits per heavy atom. The summed E-state index contributed by atoms with van der Waals surface area (Å²) in [4.78, 5) is 13.3. The second kappa shape index (κ2) is 5.17. The van der Waals surface area contributed by atoms with E-state index < -0.39 is 0 Å². The lowest BCUT2D eigenvalue weighted by atomic mass is 9.93. The standard InChI is InChI=1S/C13H17FN2O/c1-16(13(17)15-12-6-3-7-12)9-10-4-2-5-11(14)8-10/h2,4-5,8,12H,3,6-7,9H2,1H3,(H,15,17). The molecule has 0 aromatic heterocycles. The monoisotopic (exact) mass is 236 g/mol. The van der Waals surface area contributed by atoms with Crippen molar-refractivity contribution in [3.63, 3.8) is 0 Å². The summed E-state index contributed by atoms with van der Waals surface area (Å²) >= 11 is 0. The van der Waals surface area contributed by atoms with E-state index in [-0.39, 0.29) is 11.8 Å². The molecule has 0 spiro atoms. The van der Waals surface area contributed by atoms with Crippen LogP contribution in [0.5, 0.6) is 0 Å².